The van der Waals surface area contributed by atoms with Gasteiger partial charge >= 0.3 is 5.97 Å². The SMILES string of the molecule is O=CCCCCOC(=O)/C=C/CCCCO. The zero-order valence-electron chi connectivity index (χ0n) is 9.56. The lowest BCUT2D eigenvalue weighted by molar-refractivity contribution is -0.137. The average Bonchev–Trinajstić information content (AvgIpc) is 2.28. The largest absolute Gasteiger partial charge is 0.463 e. The van der Waals surface area contributed by atoms with E-state index < -0.39 is 0 Å². The van der Waals surface area contributed by atoms with Crippen molar-refractivity contribution >= 4 is 12.3 Å². The first-order valence-corrected chi connectivity index (χ1v) is 5.69. The van der Waals surface area contributed by atoms with Crippen LogP contribution in [0.4, 0.5) is 0 Å². The van der Waals surface area contributed by atoms with Crippen molar-refractivity contribution in [2.24, 2.45) is 0 Å². The van der Waals surface area contributed by atoms with Crippen LogP contribution in [0.2, 0.25) is 0 Å². The van der Waals surface area contributed by atoms with Gasteiger partial charge in [0, 0.05) is 19.1 Å². The lowest BCUT2D eigenvalue weighted by Crippen LogP contribution is -2.02. The van der Waals surface area contributed by atoms with Crippen LogP contribution >= 0.6 is 0 Å². The highest BCUT2D eigenvalue weighted by atomic mass is 16.5. The second kappa shape index (κ2) is 11.9. The second-order valence-corrected chi connectivity index (χ2v) is 3.45. The maximum atomic E-state index is 11.1. The summed E-state index contributed by atoms with van der Waals surface area (Å²) in [6.07, 6.45) is 8.45. The Morgan fingerprint density at radius 3 is 2.56 bits per heavy atom. The molecule has 16 heavy (non-hydrogen) atoms. The van der Waals surface area contributed by atoms with Crippen molar-refractivity contribution < 1.29 is 19.4 Å². The van der Waals surface area contributed by atoms with E-state index in [1.807, 2.05) is 0 Å². The Morgan fingerprint density at radius 2 is 1.88 bits per heavy atom. The number of aliphatic hydroxyl groups excluding tert-OH is 1. The van der Waals surface area contributed by atoms with Gasteiger partial charge in [0.15, 0.2) is 0 Å². The van der Waals surface area contributed by atoms with Crippen LogP contribution in [0.5, 0.6) is 0 Å². The van der Waals surface area contributed by atoms with Gasteiger partial charge in [0.05, 0.1) is 6.61 Å². The zero-order valence-corrected chi connectivity index (χ0v) is 9.56. The summed E-state index contributed by atoms with van der Waals surface area (Å²) in [7, 11) is 0. The first-order chi connectivity index (χ1) is 7.81. The van der Waals surface area contributed by atoms with E-state index in [1.165, 1.54) is 6.08 Å². The molecule has 0 fully saturated rings. The minimum absolute atomic E-state index is 0.190. The molecule has 0 aliphatic carbocycles. The Kier molecular flexibility index (Phi) is 11.0. The summed E-state index contributed by atoms with van der Waals surface area (Å²) in [5.41, 5.74) is 0. The van der Waals surface area contributed by atoms with E-state index >= 15 is 0 Å². The molecule has 0 atom stereocenters. The summed E-state index contributed by atoms with van der Waals surface area (Å²) in [6, 6.07) is 0. The molecule has 0 heterocycles. The van der Waals surface area contributed by atoms with E-state index in [2.05, 4.69) is 0 Å². The van der Waals surface area contributed by atoms with Gasteiger partial charge in [-0.2, -0.15) is 0 Å². The number of hydrogen-bond acceptors (Lipinski definition) is 4. The van der Waals surface area contributed by atoms with E-state index in [-0.39, 0.29) is 12.6 Å². The third-order valence-corrected chi connectivity index (χ3v) is 1.99. The van der Waals surface area contributed by atoms with Gasteiger partial charge < -0.3 is 14.6 Å². The molecule has 0 aliphatic rings. The molecule has 0 amide bonds. The number of unbranched alkanes of at least 4 members (excludes halogenated alkanes) is 4. The van der Waals surface area contributed by atoms with Crippen LogP contribution in [0.15, 0.2) is 12.2 Å². The third-order valence-electron chi connectivity index (χ3n) is 1.99. The first-order valence-electron chi connectivity index (χ1n) is 5.69. The second-order valence-electron chi connectivity index (χ2n) is 3.45. The molecule has 0 unspecified atom stereocenters. The van der Waals surface area contributed by atoms with E-state index in [4.69, 9.17) is 9.84 Å². The Bertz CT molecular complexity index is 211. The summed E-state index contributed by atoms with van der Waals surface area (Å²) in [4.78, 5) is 21.1. The molecule has 0 spiro atoms. The van der Waals surface area contributed by atoms with Crippen molar-refractivity contribution in [3.05, 3.63) is 12.2 Å². The Labute approximate surface area is 96.3 Å². The Hall–Kier alpha value is -1.16. The molecule has 0 aliphatic heterocycles. The zero-order chi connectivity index (χ0) is 12.1. The number of hydrogen-bond donors (Lipinski definition) is 1. The molecule has 4 heteroatoms. The molecular formula is C12H20O4. The van der Waals surface area contributed by atoms with Crippen molar-refractivity contribution in [1.82, 2.24) is 0 Å². The standard InChI is InChI=1S/C12H20O4/c13-9-5-2-1-4-8-12(15)16-11-7-3-6-10-14/h4,8,10,13H,1-3,5-7,9,11H2/b8-4+. The number of rotatable bonds is 10. The minimum atomic E-state index is -0.338. The van der Waals surface area contributed by atoms with E-state index in [1.54, 1.807) is 6.08 Å². The molecule has 0 aromatic heterocycles. The first kappa shape index (κ1) is 14.8. The summed E-state index contributed by atoms with van der Waals surface area (Å²) in [5, 5.41) is 8.52. The summed E-state index contributed by atoms with van der Waals surface area (Å²) < 4.78 is 4.90. The third kappa shape index (κ3) is 10.9. The van der Waals surface area contributed by atoms with Gasteiger partial charge in [-0.05, 0) is 32.1 Å². The quantitative estimate of drug-likeness (QED) is 0.267. The molecule has 0 radical (unpaired) electrons. The maximum absolute atomic E-state index is 11.1. The molecule has 0 saturated carbocycles. The number of carbonyl (C=O) groups is 2. The highest BCUT2D eigenvalue weighted by Gasteiger charge is 1.95. The minimum Gasteiger partial charge on any atom is -0.463 e. The van der Waals surface area contributed by atoms with Gasteiger partial charge in [0.2, 0.25) is 0 Å². The van der Waals surface area contributed by atoms with Gasteiger partial charge in [-0.3, -0.25) is 0 Å². The van der Waals surface area contributed by atoms with Crippen LogP contribution in [0, 0.1) is 0 Å². The summed E-state index contributed by atoms with van der Waals surface area (Å²) in [6.45, 7) is 0.558. The van der Waals surface area contributed by atoms with E-state index in [9.17, 15) is 9.59 Å². The molecule has 0 rings (SSSR count). The van der Waals surface area contributed by atoms with Crippen molar-refractivity contribution in [2.45, 2.75) is 38.5 Å². The molecule has 1 N–H and O–H groups in total. The van der Waals surface area contributed by atoms with Crippen molar-refractivity contribution in [3.63, 3.8) is 0 Å². The van der Waals surface area contributed by atoms with Crippen LogP contribution in [-0.4, -0.2) is 30.6 Å². The maximum Gasteiger partial charge on any atom is 0.330 e. The predicted molar refractivity (Wildman–Crippen MR) is 61.0 cm³/mol. The van der Waals surface area contributed by atoms with E-state index in [0.29, 0.717) is 13.0 Å². The monoisotopic (exact) mass is 228 g/mol. The number of carbonyl (C=O) groups excluding carboxylic acids is 2. The highest BCUT2D eigenvalue weighted by Crippen LogP contribution is 1.97. The normalized spacial score (nSPS) is 10.6. The fraction of sp³-hybridized carbons (Fsp3) is 0.667. The van der Waals surface area contributed by atoms with Crippen molar-refractivity contribution in [2.75, 3.05) is 13.2 Å². The summed E-state index contributed by atoms with van der Waals surface area (Å²) >= 11 is 0. The topological polar surface area (TPSA) is 63.6 Å². The van der Waals surface area contributed by atoms with Gasteiger partial charge in [-0.15, -0.1) is 0 Å². The lowest BCUT2D eigenvalue weighted by atomic mass is 10.2. The fourth-order valence-corrected chi connectivity index (χ4v) is 1.10. The molecule has 0 aromatic carbocycles. The van der Waals surface area contributed by atoms with Crippen LogP contribution in [0.25, 0.3) is 0 Å². The van der Waals surface area contributed by atoms with E-state index in [0.717, 1.165) is 38.4 Å². The molecule has 0 aromatic rings. The van der Waals surface area contributed by atoms with Gasteiger partial charge in [-0.1, -0.05) is 6.08 Å². The van der Waals surface area contributed by atoms with Gasteiger partial charge in [0.1, 0.15) is 6.29 Å². The van der Waals surface area contributed by atoms with Crippen molar-refractivity contribution in [3.8, 4) is 0 Å². The number of aliphatic hydroxyl groups is 1. The van der Waals surface area contributed by atoms with Crippen molar-refractivity contribution in [1.29, 1.82) is 0 Å². The molecular weight excluding hydrogens is 208 g/mol. The van der Waals surface area contributed by atoms with Crippen LogP contribution in [-0.2, 0) is 14.3 Å². The molecule has 0 bridgehead atoms. The highest BCUT2D eigenvalue weighted by molar-refractivity contribution is 5.81. The molecule has 0 saturated heterocycles. The lowest BCUT2D eigenvalue weighted by Gasteiger charge is -1.99. The van der Waals surface area contributed by atoms with Gasteiger partial charge in [-0.25, -0.2) is 4.79 Å². The predicted octanol–water partition coefficient (Wildman–Crippen LogP) is 1.62. The number of aldehydes is 1. The van der Waals surface area contributed by atoms with Crippen LogP contribution in [0.1, 0.15) is 38.5 Å². The molecule has 92 valence electrons. The number of ether oxygens (including phenoxy) is 1. The summed E-state index contributed by atoms with van der Waals surface area (Å²) in [5.74, 6) is -0.338. The number of esters is 1. The Balaban J connectivity index is 3.32. The van der Waals surface area contributed by atoms with Gasteiger partial charge in [0.25, 0.3) is 0 Å². The smallest absolute Gasteiger partial charge is 0.330 e. The molecule has 4 nitrogen and oxygen atoms in total. The average molecular weight is 228 g/mol. The van der Waals surface area contributed by atoms with Crippen LogP contribution in [0.3, 0.4) is 0 Å². The fourth-order valence-electron chi connectivity index (χ4n) is 1.10. The number of allylic oxidation sites excluding steroid dienone is 1. The Morgan fingerprint density at radius 1 is 1.12 bits per heavy atom. The van der Waals surface area contributed by atoms with Crippen LogP contribution < -0.4 is 0 Å².